The van der Waals surface area contributed by atoms with E-state index < -0.39 is 10.9 Å². The molecule has 8 nitrogen and oxygen atoms in total. The highest BCUT2D eigenvalue weighted by atomic mass is 16.6. The Morgan fingerprint density at radius 2 is 2.38 bits per heavy atom. The molecule has 116 valence electrons. The number of furan rings is 1. The molecule has 2 rings (SSSR count). The summed E-state index contributed by atoms with van der Waals surface area (Å²) in [6.07, 6.45) is 2.09. The van der Waals surface area contributed by atoms with E-state index in [2.05, 4.69) is 10.2 Å². The molecule has 0 aromatic carbocycles. The van der Waals surface area contributed by atoms with E-state index in [1.807, 2.05) is 0 Å². The number of carboxylic acid groups (broad SMARTS) is 1. The Morgan fingerprint density at radius 3 is 3.05 bits per heavy atom. The molecule has 0 radical (unpaired) electrons. The smallest absolute Gasteiger partial charge is 0.433 e. The average molecular weight is 297 g/mol. The predicted molar refractivity (Wildman–Crippen MR) is 73.9 cm³/mol. The van der Waals surface area contributed by atoms with Crippen molar-refractivity contribution in [2.75, 3.05) is 26.2 Å². The largest absolute Gasteiger partial charge is 0.480 e. The number of piperidine rings is 1. The van der Waals surface area contributed by atoms with Gasteiger partial charge in [0.05, 0.1) is 19.2 Å². The Morgan fingerprint density at radius 1 is 1.57 bits per heavy atom. The molecule has 8 heteroatoms. The number of nitro groups is 1. The zero-order chi connectivity index (χ0) is 15.2. The lowest BCUT2D eigenvalue weighted by molar-refractivity contribution is -0.402. The van der Waals surface area contributed by atoms with Crippen LogP contribution in [-0.4, -0.2) is 47.1 Å². The van der Waals surface area contributed by atoms with Crippen molar-refractivity contribution in [3.05, 3.63) is 28.0 Å². The van der Waals surface area contributed by atoms with Gasteiger partial charge in [-0.25, -0.2) is 0 Å². The van der Waals surface area contributed by atoms with Crippen LogP contribution >= 0.6 is 0 Å². The fourth-order valence-corrected chi connectivity index (χ4v) is 2.61. The van der Waals surface area contributed by atoms with Crippen LogP contribution in [0, 0.1) is 16.0 Å². The fourth-order valence-electron chi connectivity index (χ4n) is 2.61. The van der Waals surface area contributed by atoms with Crippen molar-refractivity contribution in [1.29, 1.82) is 0 Å². The molecule has 0 saturated carbocycles. The minimum Gasteiger partial charge on any atom is -0.480 e. The van der Waals surface area contributed by atoms with Gasteiger partial charge in [-0.05, 0) is 37.9 Å². The van der Waals surface area contributed by atoms with E-state index in [4.69, 9.17) is 9.52 Å². The van der Waals surface area contributed by atoms with Crippen LogP contribution in [-0.2, 0) is 11.3 Å². The van der Waals surface area contributed by atoms with E-state index >= 15 is 0 Å². The number of aliphatic carboxylic acids is 1. The molecular formula is C13H19N3O5. The van der Waals surface area contributed by atoms with Crippen molar-refractivity contribution in [3.8, 4) is 0 Å². The summed E-state index contributed by atoms with van der Waals surface area (Å²) in [6.45, 7) is 2.94. The third-order valence-corrected chi connectivity index (χ3v) is 3.52. The van der Waals surface area contributed by atoms with Crippen molar-refractivity contribution < 1.29 is 19.2 Å². The maximum absolute atomic E-state index is 10.6. The highest BCUT2D eigenvalue weighted by Crippen LogP contribution is 2.21. The number of likely N-dealkylation sites (tertiary alicyclic amines) is 1. The summed E-state index contributed by atoms with van der Waals surface area (Å²) in [6, 6.07) is 3.00. The molecule has 0 bridgehead atoms. The molecule has 1 fully saturated rings. The molecule has 0 aliphatic carbocycles. The van der Waals surface area contributed by atoms with Gasteiger partial charge in [0.2, 0.25) is 0 Å². The summed E-state index contributed by atoms with van der Waals surface area (Å²) in [5.74, 6) is -0.115. The van der Waals surface area contributed by atoms with Crippen LogP contribution in [0.3, 0.4) is 0 Å². The summed E-state index contributed by atoms with van der Waals surface area (Å²) in [5.41, 5.74) is 0. The lowest BCUT2D eigenvalue weighted by atomic mass is 9.98. The molecule has 21 heavy (non-hydrogen) atoms. The third-order valence-electron chi connectivity index (χ3n) is 3.52. The maximum atomic E-state index is 10.6. The first-order valence-electron chi connectivity index (χ1n) is 6.92. The van der Waals surface area contributed by atoms with Crippen LogP contribution in [0.5, 0.6) is 0 Å². The second kappa shape index (κ2) is 7.19. The Balaban J connectivity index is 1.80. The normalized spacial score (nSPS) is 19.5. The summed E-state index contributed by atoms with van der Waals surface area (Å²) in [7, 11) is 0. The first kappa shape index (κ1) is 15.5. The van der Waals surface area contributed by atoms with E-state index in [0.29, 0.717) is 24.8 Å². The highest BCUT2D eigenvalue weighted by molar-refractivity contribution is 5.68. The zero-order valence-electron chi connectivity index (χ0n) is 11.7. The summed E-state index contributed by atoms with van der Waals surface area (Å²) in [5, 5.41) is 22.1. The Bertz CT molecular complexity index is 502. The lowest BCUT2D eigenvalue weighted by Gasteiger charge is -2.32. The number of rotatable bonds is 7. The third kappa shape index (κ3) is 4.83. The number of nitrogens with one attached hydrogen (secondary N) is 1. The van der Waals surface area contributed by atoms with Gasteiger partial charge in [0.25, 0.3) is 0 Å². The number of carbonyl (C=O) groups is 1. The van der Waals surface area contributed by atoms with E-state index in [9.17, 15) is 14.9 Å². The van der Waals surface area contributed by atoms with Gasteiger partial charge >= 0.3 is 11.9 Å². The van der Waals surface area contributed by atoms with Crippen molar-refractivity contribution in [1.82, 2.24) is 10.2 Å². The molecule has 2 N–H and O–H groups in total. The SMILES string of the molecule is O=C(O)CNCC1CCCN(Cc2ccc([N+](=O)[O-])o2)C1. The number of nitrogens with zero attached hydrogens (tertiary/aromatic N) is 2. The minimum atomic E-state index is -0.856. The van der Waals surface area contributed by atoms with Gasteiger partial charge in [-0.2, -0.15) is 0 Å². The molecule has 1 saturated heterocycles. The number of hydrogen-bond acceptors (Lipinski definition) is 6. The molecule has 1 atom stereocenters. The molecule has 0 spiro atoms. The Kier molecular flexibility index (Phi) is 5.29. The van der Waals surface area contributed by atoms with E-state index in [-0.39, 0.29) is 12.4 Å². The van der Waals surface area contributed by atoms with Gasteiger partial charge in [0, 0.05) is 6.54 Å². The quantitative estimate of drug-likeness (QED) is 0.572. The van der Waals surface area contributed by atoms with Crippen LogP contribution in [0.2, 0.25) is 0 Å². The van der Waals surface area contributed by atoms with E-state index in [1.165, 1.54) is 6.07 Å². The molecule has 1 aromatic heterocycles. The van der Waals surface area contributed by atoms with Crippen LogP contribution in [0.1, 0.15) is 18.6 Å². The van der Waals surface area contributed by atoms with Crippen LogP contribution in [0.4, 0.5) is 5.88 Å². The lowest BCUT2D eigenvalue weighted by Crippen LogP contribution is -2.40. The van der Waals surface area contributed by atoms with Gasteiger partial charge in [0.15, 0.2) is 0 Å². The Hall–Kier alpha value is -1.93. The van der Waals surface area contributed by atoms with Crippen molar-refractivity contribution >= 4 is 11.9 Å². The number of hydrogen-bond donors (Lipinski definition) is 2. The van der Waals surface area contributed by atoms with Gasteiger partial charge in [-0.3, -0.25) is 19.8 Å². The second-order valence-corrected chi connectivity index (χ2v) is 5.27. The van der Waals surface area contributed by atoms with E-state index in [1.54, 1.807) is 6.07 Å². The van der Waals surface area contributed by atoms with Gasteiger partial charge in [-0.15, -0.1) is 0 Å². The van der Waals surface area contributed by atoms with Crippen LogP contribution in [0.25, 0.3) is 0 Å². The Labute approximate surface area is 121 Å². The molecule has 1 aromatic rings. The number of carboxylic acids is 1. The average Bonchev–Trinajstić information content (AvgIpc) is 2.87. The molecular weight excluding hydrogens is 278 g/mol. The molecule has 1 aliphatic rings. The van der Waals surface area contributed by atoms with Crippen LogP contribution in [0.15, 0.2) is 16.5 Å². The predicted octanol–water partition coefficient (Wildman–Crippen LogP) is 1.07. The van der Waals surface area contributed by atoms with Gasteiger partial charge in [0.1, 0.15) is 10.7 Å². The minimum absolute atomic E-state index is 0.0269. The monoisotopic (exact) mass is 297 g/mol. The van der Waals surface area contributed by atoms with Crippen molar-refractivity contribution in [2.45, 2.75) is 19.4 Å². The second-order valence-electron chi connectivity index (χ2n) is 5.27. The van der Waals surface area contributed by atoms with Gasteiger partial charge < -0.3 is 14.8 Å². The standard InChI is InChI=1S/C13H19N3O5/c17-13(18)7-14-6-10-2-1-5-15(8-10)9-11-3-4-12(21-11)16(19)20/h3-4,10,14H,1-2,5-9H2,(H,17,18). The van der Waals surface area contributed by atoms with Crippen molar-refractivity contribution in [3.63, 3.8) is 0 Å². The first-order chi connectivity index (χ1) is 10.0. The molecule has 2 heterocycles. The maximum Gasteiger partial charge on any atom is 0.433 e. The summed E-state index contributed by atoms with van der Waals surface area (Å²) in [4.78, 5) is 22.7. The van der Waals surface area contributed by atoms with E-state index in [0.717, 1.165) is 25.9 Å². The van der Waals surface area contributed by atoms with Crippen LogP contribution < -0.4 is 5.32 Å². The summed E-state index contributed by atoms with van der Waals surface area (Å²) < 4.78 is 5.16. The summed E-state index contributed by atoms with van der Waals surface area (Å²) >= 11 is 0. The fraction of sp³-hybridized carbons (Fsp3) is 0.615. The molecule has 1 unspecified atom stereocenters. The highest BCUT2D eigenvalue weighted by Gasteiger charge is 2.21. The topological polar surface area (TPSA) is 109 Å². The molecule has 1 aliphatic heterocycles. The molecule has 0 amide bonds. The first-order valence-corrected chi connectivity index (χ1v) is 6.92. The van der Waals surface area contributed by atoms with Gasteiger partial charge in [-0.1, -0.05) is 0 Å². The van der Waals surface area contributed by atoms with Crippen molar-refractivity contribution in [2.24, 2.45) is 5.92 Å². The zero-order valence-corrected chi connectivity index (χ0v) is 11.7.